The van der Waals surface area contributed by atoms with Crippen molar-refractivity contribution in [3.63, 3.8) is 0 Å². The molecule has 0 atom stereocenters. The van der Waals surface area contributed by atoms with Gasteiger partial charge in [0.1, 0.15) is 0 Å². The summed E-state index contributed by atoms with van der Waals surface area (Å²) in [5, 5.41) is 6.09. The summed E-state index contributed by atoms with van der Waals surface area (Å²) in [5.41, 5.74) is 2.36. The van der Waals surface area contributed by atoms with Gasteiger partial charge in [-0.2, -0.15) is 0 Å². The van der Waals surface area contributed by atoms with Crippen molar-refractivity contribution in [2.45, 2.75) is 32.2 Å². The fourth-order valence-electron chi connectivity index (χ4n) is 4.28. The smallest absolute Gasteiger partial charge is 0.253 e. The highest BCUT2D eigenvalue weighted by atomic mass is 16.7. The van der Waals surface area contributed by atoms with E-state index in [9.17, 15) is 9.59 Å². The lowest BCUT2D eigenvalue weighted by Gasteiger charge is -2.28. The van der Waals surface area contributed by atoms with Gasteiger partial charge in [0.05, 0.1) is 11.3 Å². The third-order valence-corrected chi connectivity index (χ3v) is 6.18. The van der Waals surface area contributed by atoms with E-state index in [2.05, 4.69) is 15.6 Å². The predicted molar refractivity (Wildman–Crippen MR) is 121 cm³/mol. The van der Waals surface area contributed by atoms with Gasteiger partial charge in [0.15, 0.2) is 11.5 Å². The molecule has 170 valence electrons. The molecule has 0 radical (unpaired) electrons. The number of pyridine rings is 1. The highest BCUT2D eigenvalue weighted by molar-refractivity contribution is 6.00. The van der Waals surface area contributed by atoms with Crippen molar-refractivity contribution in [2.75, 3.05) is 32.3 Å². The molecule has 4 rings (SSSR count). The molecule has 0 unspecified atom stereocenters. The molecule has 2 heterocycles. The second kappa shape index (κ2) is 9.89. The van der Waals surface area contributed by atoms with Gasteiger partial charge < -0.3 is 25.0 Å². The lowest BCUT2D eigenvalue weighted by molar-refractivity contribution is -0.126. The molecule has 2 amide bonds. The van der Waals surface area contributed by atoms with Crippen molar-refractivity contribution < 1.29 is 19.1 Å². The van der Waals surface area contributed by atoms with E-state index < -0.39 is 0 Å². The minimum Gasteiger partial charge on any atom is -0.454 e. The van der Waals surface area contributed by atoms with Gasteiger partial charge in [-0.05, 0) is 49.3 Å². The Balaban J connectivity index is 1.25. The van der Waals surface area contributed by atoms with Crippen LogP contribution in [-0.4, -0.2) is 44.2 Å². The average Bonchev–Trinajstić information content (AvgIpc) is 3.29. The molecule has 1 aliphatic carbocycles. The van der Waals surface area contributed by atoms with Gasteiger partial charge in [0, 0.05) is 51.6 Å². The number of aromatic nitrogens is 1. The Morgan fingerprint density at radius 1 is 1.09 bits per heavy atom. The number of ether oxygens (including phenoxy) is 2. The van der Waals surface area contributed by atoms with Gasteiger partial charge in [0.2, 0.25) is 12.7 Å². The number of nitrogens with one attached hydrogen (secondary N) is 2. The average molecular weight is 439 g/mol. The molecule has 1 saturated carbocycles. The van der Waals surface area contributed by atoms with Crippen LogP contribution in [0.1, 0.15) is 41.6 Å². The largest absolute Gasteiger partial charge is 0.454 e. The number of fused-ring (bicyclic) bond motifs is 1. The molecule has 2 aliphatic rings. The zero-order valence-electron chi connectivity index (χ0n) is 18.6. The number of carbonyl (C=O) groups is 2. The summed E-state index contributed by atoms with van der Waals surface area (Å²) in [6.45, 7) is 1.28. The van der Waals surface area contributed by atoms with Crippen LogP contribution in [0.2, 0.25) is 0 Å². The zero-order chi connectivity index (χ0) is 22.5. The number of rotatable bonds is 7. The van der Waals surface area contributed by atoms with E-state index in [0.717, 1.165) is 36.9 Å². The summed E-state index contributed by atoms with van der Waals surface area (Å²) in [7, 11) is 3.80. The van der Waals surface area contributed by atoms with E-state index in [4.69, 9.17) is 9.47 Å². The van der Waals surface area contributed by atoms with Crippen LogP contribution in [0.3, 0.4) is 0 Å². The molecule has 32 heavy (non-hydrogen) atoms. The van der Waals surface area contributed by atoms with Crippen molar-refractivity contribution in [3.8, 4) is 11.5 Å². The number of anilines is 1. The van der Waals surface area contributed by atoms with Gasteiger partial charge in [-0.3, -0.25) is 14.6 Å². The van der Waals surface area contributed by atoms with Crippen molar-refractivity contribution in [2.24, 2.45) is 11.8 Å². The number of hydrogen-bond donors (Lipinski definition) is 2. The van der Waals surface area contributed by atoms with Crippen LogP contribution in [0.5, 0.6) is 11.5 Å². The molecule has 8 nitrogen and oxygen atoms in total. The maximum atomic E-state index is 12.9. The van der Waals surface area contributed by atoms with Gasteiger partial charge in [0.25, 0.3) is 5.91 Å². The Kier molecular flexibility index (Phi) is 6.78. The van der Waals surface area contributed by atoms with Gasteiger partial charge >= 0.3 is 0 Å². The molecule has 1 aliphatic heterocycles. The van der Waals surface area contributed by atoms with Crippen molar-refractivity contribution in [1.82, 2.24) is 15.6 Å². The van der Waals surface area contributed by atoms with Crippen molar-refractivity contribution >= 4 is 17.5 Å². The summed E-state index contributed by atoms with van der Waals surface area (Å²) in [6, 6.07) is 7.41. The van der Waals surface area contributed by atoms with E-state index in [1.165, 1.54) is 0 Å². The molecule has 2 N–H and O–H groups in total. The van der Waals surface area contributed by atoms with Crippen LogP contribution in [0, 0.1) is 11.8 Å². The minimum absolute atomic E-state index is 0.0350. The summed E-state index contributed by atoms with van der Waals surface area (Å²) in [6.07, 6.45) is 7.01. The fourth-order valence-corrected chi connectivity index (χ4v) is 4.28. The van der Waals surface area contributed by atoms with Crippen molar-refractivity contribution in [3.05, 3.63) is 47.8 Å². The van der Waals surface area contributed by atoms with Crippen LogP contribution >= 0.6 is 0 Å². The Hall–Kier alpha value is -3.29. The van der Waals surface area contributed by atoms with E-state index in [-0.39, 0.29) is 24.5 Å². The van der Waals surface area contributed by atoms with E-state index >= 15 is 0 Å². The number of carbonyl (C=O) groups excluding carboxylic acids is 2. The second-order valence-corrected chi connectivity index (χ2v) is 8.62. The van der Waals surface area contributed by atoms with Gasteiger partial charge in [-0.1, -0.05) is 6.07 Å². The highest BCUT2D eigenvalue weighted by Gasteiger charge is 2.27. The lowest BCUT2D eigenvalue weighted by Crippen LogP contribution is -2.36. The monoisotopic (exact) mass is 438 g/mol. The summed E-state index contributed by atoms with van der Waals surface area (Å²) in [5.74, 6) is 1.64. The first-order valence-corrected chi connectivity index (χ1v) is 11.1. The molecule has 0 bridgehead atoms. The molecule has 0 spiro atoms. The van der Waals surface area contributed by atoms with Crippen LogP contribution < -0.4 is 25.0 Å². The van der Waals surface area contributed by atoms with Gasteiger partial charge in [-0.15, -0.1) is 0 Å². The quantitative estimate of drug-likeness (QED) is 0.691. The Bertz CT molecular complexity index is 956. The third-order valence-electron chi connectivity index (χ3n) is 6.18. The molecule has 2 aromatic rings. The molecular formula is C24H30N4O4. The SMILES string of the molecule is CN(C)c1cc2c(cc1C(=O)NCC1CCC(C(=O)NCc3cccnc3)CC1)OCO2. The lowest BCUT2D eigenvalue weighted by atomic mass is 9.81. The van der Waals surface area contributed by atoms with Crippen LogP contribution in [0.15, 0.2) is 36.7 Å². The number of nitrogens with zero attached hydrogens (tertiary/aromatic N) is 2. The number of amides is 2. The molecule has 1 fully saturated rings. The fraction of sp³-hybridized carbons (Fsp3) is 0.458. The number of hydrogen-bond acceptors (Lipinski definition) is 6. The van der Waals surface area contributed by atoms with Gasteiger partial charge in [-0.25, -0.2) is 0 Å². The maximum Gasteiger partial charge on any atom is 0.253 e. The standard InChI is InChI=1S/C24H30N4O4/c1-28(2)20-11-22-21(31-15-32-22)10-19(20)24(30)27-13-16-5-7-18(8-6-16)23(29)26-14-17-4-3-9-25-12-17/h3-4,9-12,16,18H,5-8,13-15H2,1-2H3,(H,26,29)(H,27,30). The van der Waals surface area contributed by atoms with E-state index in [1.54, 1.807) is 18.5 Å². The Morgan fingerprint density at radius 2 is 1.84 bits per heavy atom. The molecule has 8 heteroatoms. The molecule has 1 aromatic heterocycles. The maximum absolute atomic E-state index is 12.9. The Labute approximate surface area is 188 Å². The normalized spacial score (nSPS) is 19.3. The second-order valence-electron chi connectivity index (χ2n) is 8.62. The van der Waals surface area contributed by atoms with Crippen molar-refractivity contribution in [1.29, 1.82) is 0 Å². The minimum atomic E-state index is -0.122. The predicted octanol–water partition coefficient (Wildman–Crippen LogP) is 2.73. The first-order chi connectivity index (χ1) is 15.5. The topological polar surface area (TPSA) is 92.8 Å². The zero-order valence-corrected chi connectivity index (χ0v) is 18.6. The van der Waals surface area contributed by atoms with E-state index in [0.29, 0.717) is 36.1 Å². The molecule has 0 saturated heterocycles. The molecular weight excluding hydrogens is 408 g/mol. The Morgan fingerprint density at radius 3 is 2.53 bits per heavy atom. The number of benzene rings is 1. The highest BCUT2D eigenvalue weighted by Crippen LogP contribution is 2.38. The first kappa shape index (κ1) is 21.9. The van der Waals surface area contributed by atoms with Crippen LogP contribution in [0.4, 0.5) is 5.69 Å². The third kappa shape index (κ3) is 5.12. The summed E-state index contributed by atoms with van der Waals surface area (Å²) in [4.78, 5) is 31.4. The van der Waals surface area contributed by atoms with Crippen LogP contribution in [0.25, 0.3) is 0 Å². The summed E-state index contributed by atoms with van der Waals surface area (Å²) < 4.78 is 10.9. The van der Waals surface area contributed by atoms with E-state index in [1.807, 2.05) is 37.2 Å². The van der Waals surface area contributed by atoms with Crippen LogP contribution in [-0.2, 0) is 11.3 Å². The molecule has 1 aromatic carbocycles. The summed E-state index contributed by atoms with van der Waals surface area (Å²) >= 11 is 0. The first-order valence-electron chi connectivity index (χ1n) is 11.1.